The normalized spacial score (nSPS) is 13.6. The van der Waals surface area contributed by atoms with Gasteiger partial charge in [-0.3, -0.25) is 5.41 Å². The van der Waals surface area contributed by atoms with Crippen LogP contribution in [0.15, 0.2) is 0 Å². The Hall–Kier alpha value is -0.220. The molecule has 0 aliphatic heterocycles. The third-order valence-electron chi connectivity index (χ3n) is 0.950. The lowest BCUT2D eigenvalue weighted by Crippen LogP contribution is -2.23. The second-order valence-corrected chi connectivity index (χ2v) is 4.04. The van der Waals surface area contributed by atoms with E-state index in [0.29, 0.717) is 5.25 Å². The molecule has 0 saturated carbocycles. The van der Waals surface area contributed by atoms with Crippen LogP contribution < -0.4 is 5.73 Å². The second-order valence-electron chi connectivity index (χ2n) is 2.55. The van der Waals surface area contributed by atoms with Gasteiger partial charge in [-0.15, -0.1) is 0 Å². The van der Waals surface area contributed by atoms with Gasteiger partial charge in [-0.2, -0.15) is 0 Å². The first kappa shape index (κ1) is 9.78. The predicted octanol–water partition coefficient (Wildman–Crippen LogP) is 0.563. The molecule has 0 bridgehead atoms. The van der Waals surface area contributed by atoms with Crippen LogP contribution in [0.3, 0.4) is 0 Å². The molecule has 1 unspecified atom stereocenters. The van der Waals surface area contributed by atoms with E-state index in [9.17, 15) is 0 Å². The lowest BCUT2D eigenvalue weighted by Gasteiger charge is -2.14. The summed E-state index contributed by atoms with van der Waals surface area (Å²) in [5, 5.41) is 7.60. The van der Waals surface area contributed by atoms with Crippen molar-refractivity contribution in [3.05, 3.63) is 0 Å². The molecule has 3 N–H and O–H groups in total. The van der Waals surface area contributed by atoms with Crippen LogP contribution in [0.5, 0.6) is 0 Å². The largest absolute Gasteiger partial charge is 0.379 e. The third kappa shape index (κ3) is 5.91. The third-order valence-corrected chi connectivity index (χ3v) is 1.76. The molecule has 0 aromatic heterocycles. The van der Waals surface area contributed by atoms with Crippen LogP contribution >= 0.6 is 11.8 Å². The molecule has 60 valence electrons. The maximum Gasteiger partial charge on any atom is 0.151 e. The molecule has 10 heavy (non-hydrogen) atoms. The number of hydrogen-bond acceptors (Lipinski definition) is 3. The van der Waals surface area contributed by atoms with Crippen molar-refractivity contribution in [2.45, 2.75) is 12.2 Å². The Morgan fingerprint density at radius 1 is 1.70 bits per heavy atom. The fourth-order valence-electron chi connectivity index (χ4n) is 0.768. The molecule has 0 aromatic carbocycles. The minimum Gasteiger partial charge on any atom is -0.379 e. The van der Waals surface area contributed by atoms with Gasteiger partial charge in [0, 0.05) is 11.8 Å². The zero-order valence-electron chi connectivity index (χ0n) is 6.72. The van der Waals surface area contributed by atoms with Crippen molar-refractivity contribution in [2.75, 3.05) is 20.6 Å². The van der Waals surface area contributed by atoms with Gasteiger partial charge < -0.3 is 10.6 Å². The highest BCUT2D eigenvalue weighted by Gasteiger charge is 2.04. The molecule has 4 heteroatoms. The van der Waals surface area contributed by atoms with Crippen LogP contribution in [0, 0.1) is 5.41 Å². The Balaban J connectivity index is 3.43. The molecule has 0 spiro atoms. The second kappa shape index (κ2) is 4.57. The Kier molecular flexibility index (Phi) is 4.47. The number of nitrogens with one attached hydrogen (secondary N) is 1. The van der Waals surface area contributed by atoms with Gasteiger partial charge in [0.1, 0.15) is 0 Å². The Labute approximate surface area is 66.5 Å². The lowest BCUT2D eigenvalue weighted by molar-refractivity contribution is 0.414. The number of amidine groups is 1. The molecule has 3 nitrogen and oxygen atoms in total. The van der Waals surface area contributed by atoms with E-state index in [1.165, 1.54) is 11.8 Å². The SMILES string of the molecule is CC(CN(C)C)SC(=N)N. The summed E-state index contributed by atoms with van der Waals surface area (Å²) in [6.07, 6.45) is 0. The molecule has 0 rings (SSSR count). The molecule has 1 atom stereocenters. The van der Waals surface area contributed by atoms with E-state index < -0.39 is 0 Å². The first-order chi connectivity index (χ1) is 4.52. The highest BCUT2D eigenvalue weighted by atomic mass is 32.2. The fourth-order valence-corrected chi connectivity index (χ4v) is 1.57. The van der Waals surface area contributed by atoms with Crippen molar-refractivity contribution in [3.8, 4) is 0 Å². The van der Waals surface area contributed by atoms with Gasteiger partial charge in [0.05, 0.1) is 0 Å². The summed E-state index contributed by atoms with van der Waals surface area (Å²) in [5.41, 5.74) is 5.20. The van der Waals surface area contributed by atoms with Crippen molar-refractivity contribution in [3.63, 3.8) is 0 Å². The van der Waals surface area contributed by atoms with E-state index in [2.05, 4.69) is 11.8 Å². The number of nitrogens with zero attached hydrogens (tertiary/aromatic N) is 1. The topological polar surface area (TPSA) is 53.1 Å². The van der Waals surface area contributed by atoms with Crippen LogP contribution in [-0.2, 0) is 0 Å². The van der Waals surface area contributed by atoms with Gasteiger partial charge in [-0.1, -0.05) is 18.7 Å². The lowest BCUT2D eigenvalue weighted by atomic mass is 10.4. The summed E-state index contributed by atoms with van der Waals surface area (Å²) in [6, 6.07) is 0. The predicted molar refractivity (Wildman–Crippen MR) is 47.5 cm³/mol. The van der Waals surface area contributed by atoms with Gasteiger partial charge in [-0.05, 0) is 14.1 Å². The van der Waals surface area contributed by atoms with Crippen LogP contribution in [0.25, 0.3) is 0 Å². The van der Waals surface area contributed by atoms with Gasteiger partial charge in [0.25, 0.3) is 0 Å². The number of nitrogens with two attached hydrogens (primary N) is 1. The smallest absolute Gasteiger partial charge is 0.151 e. The van der Waals surface area contributed by atoms with Crippen molar-refractivity contribution in [2.24, 2.45) is 5.73 Å². The molecule has 0 saturated heterocycles. The molecule has 0 fully saturated rings. The van der Waals surface area contributed by atoms with Crippen molar-refractivity contribution >= 4 is 16.9 Å². The van der Waals surface area contributed by atoms with E-state index in [1.54, 1.807) is 0 Å². The van der Waals surface area contributed by atoms with Crippen molar-refractivity contribution in [1.29, 1.82) is 5.41 Å². The van der Waals surface area contributed by atoms with Crippen LogP contribution in [0.2, 0.25) is 0 Å². The molecule has 0 radical (unpaired) electrons. The quantitative estimate of drug-likeness (QED) is 0.470. The minimum atomic E-state index is 0.203. The average Bonchev–Trinajstić information content (AvgIpc) is 1.58. The maximum atomic E-state index is 6.99. The van der Waals surface area contributed by atoms with Gasteiger partial charge in [-0.25, -0.2) is 0 Å². The summed E-state index contributed by atoms with van der Waals surface area (Å²) < 4.78 is 0. The Bertz CT molecular complexity index is 114. The Morgan fingerprint density at radius 2 is 2.20 bits per heavy atom. The van der Waals surface area contributed by atoms with Crippen LogP contribution in [0.4, 0.5) is 0 Å². The summed E-state index contributed by atoms with van der Waals surface area (Å²) in [4.78, 5) is 2.08. The fraction of sp³-hybridized carbons (Fsp3) is 0.833. The van der Waals surface area contributed by atoms with Crippen molar-refractivity contribution < 1.29 is 0 Å². The van der Waals surface area contributed by atoms with Gasteiger partial charge >= 0.3 is 0 Å². The molecule has 0 aromatic rings. The average molecular weight is 161 g/mol. The highest BCUT2D eigenvalue weighted by Crippen LogP contribution is 2.08. The van der Waals surface area contributed by atoms with Crippen LogP contribution in [-0.4, -0.2) is 36.0 Å². The Morgan fingerprint density at radius 3 is 2.50 bits per heavy atom. The number of hydrogen-bond donors (Lipinski definition) is 2. The summed E-state index contributed by atoms with van der Waals surface area (Å²) in [5.74, 6) is 0. The summed E-state index contributed by atoms with van der Waals surface area (Å²) in [7, 11) is 4.02. The summed E-state index contributed by atoms with van der Waals surface area (Å²) >= 11 is 1.40. The molecular formula is C6H15N3S. The van der Waals surface area contributed by atoms with Gasteiger partial charge in [0.2, 0.25) is 0 Å². The van der Waals surface area contributed by atoms with E-state index >= 15 is 0 Å². The van der Waals surface area contributed by atoms with Gasteiger partial charge in [0.15, 0.2) is 5.17 Å². The first-order valence-corrected chi connectivity index (χ1v) is 4.05. The number of thioether (sulfide) groups is 1. The molecule has 0 aliphatic carbocycles. The monoisotopic (exact) mass is 161 g/mol. The standard InChI is InChI=1S/C6H15N3S/c1-5(4-9(2)3)10-6(7)8/h5H,4H2,1-3H3,(H3,7,8). The number of rotatable bonds is 3. The first-order valence-electron chi connectivity index (χ1n) is 3.17. The molecule has 0 aliphatic rings. The van der Waals surface area contributed by atoms with E-state index in [0.717, 1.165) is 6.54 Å². The maximum absolute atomic E-state index is 6.99. The molecular weight excluding hydrogens is 146 g/mol. The zero-order chi connectivity index (χ0) is 8.15. The highest BCUT2D eigenvalue weighted by molar-refractivity contribution is 8.14. The van der Waals surface area contributed by atoms with Crippen molar-refractivity contribution in [1.82, 2.24) is 4.90 Å². The van der Waals surface area contributed by atoms with E-state index in [-0.39, 0.29) is 5.17 Å². The van der Waals surface area contributed by atoms with E-state index in [4.69, 9.17) is 11.1 Å². The van der Waals surface area contributed by atoms with E-state index in [1.807, 2.05) is 14.1 Å². The van der Waals surface area contributed by atoms with Crippen LogP contribution in [0.1, 0.15) is 6.92 Å². The molecule has 0 heterocycles. The zero-order valence-corrected chi connectivity index (χ0v) is 7.53. The summed E-state index contributed by atoms with van der Waals surface area (Å²) in [6.45, 7) is 3.02. The minimum absolute atomic E-state index is 0.203. The molecule has 0 amide bonds.